The normalized spacial score (nSPS) is 11.3. The number of rotatable bonds is 7. The summed E-state index contributed by atoms with van der Waals surface area (Å²) in [7, 11) is 1.32. The monoisotopic (exact) mass is 332 g/mol. The van der Waals surface area contributed by atoms with Crippen LogP contribution in [0.3, 0.4) is 0 Å². The van der Waals surface area contributed by atoms with E-state index in [1.54, 1.807) is 10.3 Å². The van der Waals surface area contributed by atoms with Crippen LogP contribution in [0.5, 0.6) is 0 Å². The van der Waals surface area contributed by atoms with E-state index in [1.165, 1.54) is 18.4 Å². The second-order valence-corrected chi connectivity index (χ2v) is 6.57. The number of hydrogen-bond acceptors (Lipinski definition) is 5. The zero-order chi connectivity index (χ0) is 16.0. The van der Waals surface area contributed by atoms with Gasteiger partial charge in [-0.05, 0) is 20.3 Å². The maximum atomic E-state index is 12.5. The molecular formula is C14H21ClN2O3S. The smallest absolute Gasteiger partial charge is 0.357 e. The summed E-state index contributed by atoms with van der Waals surface area (Å²) >= 11 is 7.22. The minimum Gasteiger partial charge on any atom is -0.464 e. The molecule has 1 heterocycles. The minimum atomic E-state index is -0.612. The summed E-state index contributed by atoms with van der Waals surface area (Å²) < 4.78 is 4.63. The maximum absolute atomic E-state index is 12.5. The van der Waals surface area contributed by atoms with Crippen LogP contribution in [-0.4, -0.2) is 41.3 Å². The molecule has 0 aliphatic heterocycles. The Bertz CT molecular complexity index is 502. The zero-order valence-corrected chi connectivity index (χ0v) is 14.4. The van der Waals surface area contributed by atoms with Gasteiger partial charge in [0, 0.05) is 17.8 Å². The minimum absolute atomic E-state index is 0.00540. The number of hydrogen-bond donors (Lipinski definition) is 0. The lowest BCUT2D eigenvalue weighted by atomic mass is 9.94. The molecule has 0 N–H and O–H groups in total. The highest BCUT2D eigenvalue weighted by molar-refractivity contribution is 7.09. The number of amides is 1. The van der Waals surface area contributed by atoms with Crippen molar-refractivity contribution in [2.24, 2.45) is 5.41 Å². The lowest BCUT2D eigenvalue weighted by Crippen LogP contribution is -2.41. The van der Waals surface area contributed by atoms with E-state index in [0.29, 0.717) is 18.1 Å². The number of carbonyl (C=O) groups excluding carboxylic acids is 2. The average molecular weight is 333 g/mol. The van der Waals surface area contributed by atoms with E-state index >= 15 is 0 Å². The number of halogens is 1. The Kier molecular flexibility index (Phi) is 6.61. The molecule has 0 spiro atoms. The van der Waals surface area contributed by atoms with Gasteiger partial charge in [0.25, 0.3) is 0 Å². The number of thiazole rings is 1. The third kappa shape index (κ3) is 4.68. The van der Waals surface area contributed by atoms with Crippen molar-refractivity contribution in [2.75, 3.05) is 19.5 Å². The molecule has 21 heavy (non-hydrogen) atoms. The van der Waals surface area contributed by atoms with E-state index in [1.807, 2.05) is 20.8 Å². The molecule has 0 aliphatic carbocycles. The molecule has 0 aromatic carbocycles. The third-order valence-electron chi connectivity index (χ3n) is 2.97. The summed E-state index contributed by atoms with van der Waals surface area (Å²) in [4.78, 5) is 29.9. The Balaban J connectivity index is 2.86. The number of aromatic nitrogens is 1. The van der Waals surface area contributed by atoms with Crippen molar-refractivity contribution >= 4 is 34.8 Å². The van der Waals surface area contributed by atoms with Crippen LogP contribution in [0.25, 0.3) is 0 Å². The highest BCUT2D eigenvalue weighted by Gasteiger charge is 2.31. The number of alkyl halides is 1. The van der Waals surface area contributed by atoms with Gasteiger partial charge in [-0.2, -0.15) is 0 Å². The molecule has 1 amide bonds. The van der Waals surface area contributed by atoms with Crippen molar-refractivity contribution in [1.82, 2.24) is 9.88 Å². The van der Waals surface area contributed by atoms with Crippen molar-refractivity contribution in [3.63, 3.8) is 0 Å². The van der Waals surface area contributed by atoms with Crippen LogP contribution in [-0.2, 0) is 16.1 Å². The fraction of sp³-hybridized carbons (Fsp3) is 0.643. The summed E-state index contributed by atoms with van der Waals surface area (Å²) in [5, 5.41) is 2.35. The van der Waals surface area contributed by atoms with E-state index in [2.05, 4.69) is 9.72 Å². The summed E-state index contributed by atoms with van der Waals surface area (Å²) in [6.07, 6.45) is 0.847. The van der Waals surface area contributed by atoms with Crippen molar-refractivity contribution in [3.05, 3.63) is 16.1 Å². The molecule has 0 atom stereocenters. The first-order valence-electron chi connectivity index (χ1n) is 6.73. The number of esters is 1. The second kappa shape index (κ2) is 7.75. The van der Waals surface area contributed by atoms with Gasteiger partial charge in [-0.25, -0.2) is 9.78 Å². The van der Waals surface area contributed by atoms with Crippen LogP contribution in [0.1, 0.15) is 42.7 Å². The molecule has 0 aliphatic rings. The van der Waals surface area contributed by atoms with Crippen LogP contribution in [0, 0.1) is 5.41 Å². The third-order valence-corrected chi connectivity index (χ3v) is 4.47. The molecule has 0 fully saturated rings. The lowest BCUT2D eigenvalue weighted by molar-refractivity contribution is -0.139. The molecule has 0 saturated heterocycles. The summed E-state index contributed by atoms with van der Waals surface area (Å²) in [5.74, 6) is -0.210. The van der Waals surface area contributed by atoms with Crippen LogP contribution < -0.4 is 0 Å². The zero-order valence-electron chi connectivity index (χ0n) is 12.8. The summed E-state index contributed by atoms with van der Waals surface area (Å²) in [6.45, 7) is 6.68. The highest BCUT2D eigenvalue weighted by atomic mass is 35.5. The van der Waals surface area contributed by atoms with Gasteiger partial charge in [0.05, 0.1) is 19.1 Å². The van der Waals surface area contributed by atoms with Gasteiger partial charge in [-0.3, -0.25) is 4.79 Å². The van der Waals surface area contributed by atoms with Gasteiger partial charge in [0.2, 0.25) is 5.91 Å². The van der Waals surface area contributed by atoms with Crippen molar-refractivity contribution in [1.29, 1.82) is 0 Å². The fourth-order valence-electron chi connectivity index (χ4n) is 1.75. The largest absolute Gasteiger partial charge is 0.464 e. The summed E-state index contributed by atoms with van der Waals surface area (Å²) in [6, 6.07) is 0. The maximum Gasteiger partial charge on any atom is 0.357 e. The molecule has 1 rings (SSSR count). The first kappa shape index (κ1) is 17.9. The second-order valence-electron chi connectivity index (χ2n) is 5.36. The van der Waals surface area contributed by atoms with E-state index < -0.39 is 11.4 Å². The molecule has 118 valence electrons. The van der Waals surface area contributed by atoms with E-state index in [-0.39, 0.29) is 17.5 Å². The molecule has 5 nitrogen and oxygen atoms in total. The molecule has 0 radical (unpaired) electrons. The van der Waals surface area contributed by atoms with Gasteiger partial charge in [-0.1, -0.05) is 6.92 Å². The molecule has 1 aromatic rings. The van der Waals surface area contributed by atoms with Gasteiger partial charge in [-0.15, -0.1) is 22.9 Å². The van der Waals surface area contributed by atoms with Crippen molar-refractivity contribution < 1.29 is 14.3 Å². The van der Waals surface area contributed by atoms with Crippen LogP contribution in [0.4, 0.5) is 0 Å². The predicted molar refractivity (Wildman–Crippen MR) is 83.7 cm³/mol. The van der Waals surface area contributed by atoms with E-state index in [0.717, 1.165) is 6.42 Å². The van der Waals surface area contributed by atoms with E-state index in [4.69, 9.17) is 11.6 Å². The van der Waals surface area contributed by atoms with Gasteiger partial charge in [0.15, 0.2) is 5.69 Å². The highest BCUT2D eigenvalue weighted by Crippen LogP contribution is 2.23. The van der Waals surface area contributed by atoms with Gasteiger partial charge in [0.1, 0.15) is 5.01 Å². The first-order valence-corrected chi connectivity index (χ1v) is 8.15. The Morgan fingerprint density at radius 1 is 1.48 bits per heavy atom. The Morgan fingerprint density at radius 3 is 2.67 bits per heavy atom. The summed E-state index contributed by atoms with van der Waals surface area (Å²) in [5.41, 5.74) is -0.336. The topological polar surface area (TPSA) is 59.5 Å². The standard InChI is InChI=1S/C14H21ClN2O3S/c1-5-6-17(13(19)14(2,3)9-15)7-11-16-10(8-21-11)12(18)20-4/h8H,5-7,9H2,1-4H3. The SMILES string of the molecule is CCCN(Cc1nc(C(=O)OC)cs1)C(=O)C(C)(C)CCl. The van der Waals surface area contributed by atoms with Crippen molar-refractivity contribution in [2.45, 2.75) is 33.7 Å². The van der Waals surface area contributed by atoms with Gasteiger partial charge >= 0.3 is 5.97 Å². The van der Waals surface area contributed by atoms with Crippen LogP contribution in [0.2, 0.25) is 0 Å². The number of methoxy groups -OCH3 is 1. The number of carbonyl (C=O) groups is 2. The van der Waals surface area contributed by atoms with Crippen molar-refractivity contribution in [3.8, 4) is 0 Å². The Labute approximate surface area is 134 Å². The molecular weight excluding hydrogens is 312 g/mol. The Morgan fingerprint density at radius 2 is 2.14 bits per heavy atom. The molecule has 0 bridgehead atoms. The van der Waals surface area contributed by atoms with Crippen LogP contribution in [0.15, 0.2) is 5.38 Å². The fourth-order valence-corrected chi connectivity index (χ4v) is 2.64. The average Bonchev–Trinajstić information content (AvgIpc) is 2.93. The first-order chi connectivity index (χ1) is 9.85. The van der Waals surface area contributed by atoms with Gasteiger partial charge < -0.3 is 9.64 Å². The number of nitrogens with zero attached hydrogens (tertiary/aromatic N) is 2. The quantitative estimate of drug-likeness (QED) is 0.569. The molecule has 0 unspecified atom stereocenters. The predicted octanol–water partition coefficient (Wildman–Crippen LogP) is 2.93. The Hall–Kier alpha value is -1.14. The van der Waals surface area contributed by atoms with E-state index in [9.17, 15) is 9.59 Å². The number of ether oxygens (including phenoxy) is 1. The molecule has 7 heteroatoms. The van der Waals surface area contributed by atoms with Crippen LogP contribution >= 0.6 is 22.9 Å². The molecule has 1 aromatic heterocycles. The lowest BCUT2D eigenvalue weighted by Gasteiger charge is -2.29. The molecule has 0 saturated carbocycles.